The Hall–Kier alpha value is -3.48. The first kappa shape index (κ1) is 15.1. The smallest absolute Gasteiger partial charge is 0.321 e. The topological polar surface area (TPSA) is 87.2 Å². The number of aromatic nitrogens is 2. The lowest BCUT2D eigenvalue weighted by Crippen LogP contribution is -2.27. The minimum absolute atomic E-state index is 0.135. The summed E-state index contributed by atoms with van der Waals surface area (Å²) in [6.45, 7) is 1.22. The van der Waals surface area contributed by atoms with Crippen molar-refractivity contribution in [1.82, 2.24) is 15.3 Å². The maximum Gasteiger partial charge on any atom is 0.321 e. The standard InChI is InChI=1S/C18H15N5O2/c24-17(16-11-20-14-6-1-2-7-15(14)22-16)21-12-4-3-5-13(10-12)23-9-8-19-18(23)25/h1-7,10-11H,8-9H2,(H,19,25)(H,21,24). The van der Waals surface area contributed by atoms with E-state index in [0.29, 0.717) is 24.3 Å². The molecule has 0 aliphatic carbocycles. The highest BCUT2D eigenvalue weighted by molar-refractivity contribution is 6.04. The number of carbonyl (C=O) groups is 2. The molecule has 0 radical (unpaired) electrons. The summed E-state index contributed by atoms with van der Waals surface area (Å²) < 4.78 is 0. The average Bonchev–Trinajstić information content (AvgIpc) is 3.07. The fourth-order valence-corrected chi connectivity index (χ4v) is 2.73. The molecule has 0 saturated carbocycles. The highest BCUT2D eigenvalue weighted by atomic mass is 16.2. The third kappa shape index (κ3) is 2.99. The summed E-state index contributed by atoms with van der Waals surface area (Å²) in [5, 5.41) is 5.55. The maximum atomic E-state index is 12.4. The highest BCUT2D eigenvalue weighted by Crippen LogP contribution is 2.21. The number of hydrogen-bond donors (Lipinski definition) is 2. The van der Waals surface area contributed by atoms with Gasteiger partial charge in [-0.15, -0.1) is 0 Å². The Morgan fingerprint density at radius 1 is 1.12 bits per heavy atom. The summed E-state index contributed by atoms with van der Waals surface area (Å²) in [4.78, 5) is 34.4. The van der Waals surface area contributed by atoms with E-state index in [4.69, 9.17) is 0 Å². The van der Waals surface area contributed by atoms with Crippen LogP contribution in [0, 0.1) is 0 Å². The van der Waals surface area contributed by atoms with Crippen LogP contribution in [0.1, 0.15) is 10.5 Å². The lowest BCUT2D eigenvalue weighted by Gasteiger charge is -2.15. The summed E-state index contributed by atoms with van der Waals surface area (Å²) in [5.74, 6) is -0.346. The van der Waals surface area contributed by atoms with Crippen LogP contribution in [-0.4, -0.2) is 35.0 Å². The summed E-state index contributed by atoms with van der Waals surface area (Å²) in [6, 6.07) is 14.4. The number of nitrogens with zero attached hydrogens (tertiary/aromatic N) is 3. The Morgan fingerprint density at radius 2 is 1.96 bits per heavy atom. The van der Waals surface area contributed by atoms with Crippen molar-refractivity contribution >= 4 is 34.3 Å². The van der Waals surface area contributed by atoms with Crippen molar-refractivity contribution in [2.24, 2.45) is 0 Å². The van der Waals surface area contributed by atoms with Gasteiger partial charge in [0.2, 0.25) is 0 Å². The molecule has 25 heavy (non-hydrogen) atoms. The Kier molecular flexibility index (Phi) is 3.74. The summed E-state index contributed by atoms with van der Waals surface area (Å²) >= 11 is 0. The van der Waals surface area contributed by atoms with Gasteiger partial charge in [-0.1, -0.05) is 18.2 Å². The fourth-order valence-electron chi connectivity index (χ4n) is 2.73. The molecule has 4 rings (SSSR count). The van der Waals surface area contributed by atoms with Gasteiger partial charge in [0.1, 0.15) is 5.69 Å². The Balaban J connectivity index is 1.56. The number of nitrogens with one attached hydrogen (secondary N) is 2. The van der Waals surface area contributed by atoms with Crippen molar-refractivity contribution in [3.63, 3.8) is 0 Å². The molecule has 1 aliphatic rings. The Labute approximate surface area is 143 Å². The molecule has 1 saturated heterocycles. The molecule has 124 valence electrons. The van der Waals surface area contributed by atoms with Gasteiger partial charge in [-0.25, -0.2) is 9.78 Å². The van der Waals surface area contributed by atoms with E-state index in [1.54, 1.807) is 23.1 Å². The summed E-state index contributed by atoms with van der Waals surface area (Å²) in [7, 11) is 0. The van der Waals surface area contributed by atoms with Gasteiger partial charge in [0, 0.05) is 24.5 Å². The zero-order valence-corrected chi connectivity index (χ0v) is 13.3. The number of amides is 3. The third-order valence-corrected chi connectivity index (χ3v) is 3.95. The second-order valence-electron chi connectivity index (χ2n) is 5.63. The third-order valence-electron chi connectivity index (χ3n) is 3.95. The van der Waals surface area contributed by atoms with Crippen molar-refractivity contribution in [3.05, 3.63) is 60.4 Å². The minimum atomic E-state index is -0.346. The molecule has 0 spiro atoms. The van der Waals surface area contributed by atoms with Crippen LogP contribution in [0.4, 0.5) is 16.2 Å². The van der Waals surface area contributed by atoms with Gasteiger partial charge in [-0.2, -0.15) is 0 Å². The van der Waals surface area contributed by atoms with Crippen molar-refractivity contribution in [3.8, 4) is 0 Å². The lowest BCUT2D eigenvalue weighted by molar-refractivity contribution is 0.102. The molecule has 1 fully saturated rings. The molecule has 1 aromatic heterocycles. The summed E-state index contributed by atoms with van der Waals surface area (Å²) in [6.07, 6.45) is 1.45. The van der Waals surface area contributed by atoms with Crippen LogP contribution in [-0.2, 0) is 0 Å². The molecule has 0 atom stereocenters. The van der Waals surface area contributed by atoms with Gasteiger partial charge < -0.3 is 10.6 Å². The van der Waals surface area contributed by atoms with Crippen LogP contribution in [0.25, 0.3) is 11.0 Å². The van der Waals surface area contributed by atoms with Gasteiger partial charge in [0.25, 0.3) is 5.91 Å². The molecule has 1 aliphatic heterocycles. The molecular weight excluding hydrogens is 318 g/mol. The van der Waals surface area contributed by atoms with E-state index in [1.807, 2.05) is 30.3 Å². The molecule has 2 aromatic carbocycles. The second-order valence-corrected chi connectivity index (χ2v) is 5.63. The molecule has 3 aromatic rings. The van der Waals surface area contributed by atoms with Crippen LogP contribution < -0.4 is 15.5 Å². The number of urea groups is 1. The maximum absolute atomic E-state index is 12.4. The number of rotatable bonds is 3. The molecule has 3 amide bonds. The predicted octanol–water partition coefficient (Wildman–Crippen LogP) is 2.41. The number of hydrogen-bond acceptors (Lipinski definition) is 4. The molecule has 2 N–H and O–H groups in total. The van der Waals surface area contributed by atoms with Crippen molar-refractivity contribution in [2.45, 2.75) is 0 Å². The van der Waals surface area contributed by atoms with Crippen LogP contribution in [0.3, 0.4) is 0 Å². The van der Waals surface area contributed by atoms with E-state index < -0.39 is 0 Å². The van der Waals surface area contributed by atoms with Crippen LogP contribution >= 0.6 is 0 Å². The van der Waals surface area contributed by atoms with E-state index in [0.717, 1.165) is 11.2 Å². The SMILES string of the molecule is O=C(Nc1cccc(N2CCNC2=O)c1)c1cnc2ccccc2n1. The first-order valence-corrected chi connectivity index (χ1v) is 7.89. The van der Waals surface area contributed by atoms with Gasteiger partial charge in [0.15, 0.2) is 0 Å². The average molecular weight is 333 g/mol. The number of para-hydroxylation sites is 2. The number of anilines is 2. The predicted molar refractivity (Wildman–Crippen MR) is 94.7 cm³/mol. The zero-order valence-electron chi connectivity index (χ0n) is 13.3. The molecule has 0 unspecified atom stereocenters. The number of fused-ring (bicyclic) bond motifs is 1. The van der Waals surface area contributed by atoms with Crippen LogP contribution in [0.2, 0.25) is 0 Å². The lowest BCUT2D eigenvalue weighted by atomic mass is 10.2. The first-order valence-electron chi connectivity index (χ1n) is 7.89. The quantitative estimate of drug-likeness (QED) is 0.770. The Morgan fingerprint density at radius 3 is 2.76 bits per heavy atom. The van der Waals surface area contributed by atoms with Crippen molar-refractivity contribution < 1.29 is 9.59 Å². The fraction of sp³-hybridized carbons (Fsp3) is 0.111. The molecule has 0 bridgehead atoms. The number of benzene rings is 2. The van der Waals surface area contributed by atoms with E-state index in [9.17, 15) is 9.59 Å². The largest absolute Gasteiger partial charge is 0.336 e. The second kappa shape index (κ2) is 6.20. The molecule has 7 nitrogen and oxygen atoms in total. The van der Waals surface area contributed by atoms with Gasteiger partial charge in [-0.05, 0) is 30.3 Å². The number of carbonyl (C=O) groups excluding carboxylic acids is 2. The van der Waals surface area contributed by atoms with E-state index >= 15 is 0 Å². The molecular formula is C18H15N5O2. The normalized spacial score (nSPS) is 13.8. The van der Waals surface area contributed by atoms with Crippen LogP contribution in [0.5, 0.6) is 0 Å². The van der Waals surface area contributed by atoms with Gasteiger partial charge >= 0.3 is 6.03 Å². The zero-order chi connectivity index (χ0) is 17.2. The van der Waals surface area contributed by atoms with E-state index in [-0.39, 0.29) is 17.6 Å². The minimum Gasteiger partial charge on any atom is -0.336 e. The summed E-state index contributed by atoms with van der Waals surface area (Å²) in [5.41, 5.74) is 2.97. The van der Waals surface area contributed by atoms with E-state index in [1.165, 1.54) is 6.20 Å². The van der Waals surface area contributed by atoms with Crippen LogP contribution in [0.15, 0.2) is 54.7 Å². The highest BCUT2D eigenvalue weighted by Gasteiger charge is 2.21. The Bertz CT molecular complexity index is 972. The molecule has 2 heterocycles. The molecule has 7 heteroatoms. The van der Waals surface area contributed by atoms with Gasteiger partial charge in [0.05, 0.1) is 17.2 Å². The van der Waals surface area contributed by atoms with Crippen molar-refractivity contribution in [2.75, 3.05) is 23.3 Å². The first-order chi connectivity index (χ1) is 12.2. The van der Waals surface area contributed by atoms with Gasteiger partial charge in [-0.3, -0.25) is 14.7 Å². The van der Waals surface area contributed by atoms with Crippen molar-refractivity contribution in [1.29, 1.82) is 0 Å². The van der Waals surface area contributed by atoms with E-state index in [2.05, 4.69) is 20.6 Å². The monoisotopic (exact) mass is 333 g/mol.